The Labute approximate surface area is 121 Å². The number of sulfone groups is 1. The number of hydrogen-bond acceptors (Lipinski definition) is 5. The van der Waals surface area contributed by atoms with Crippen LogP contribution in [0.4, 0.5) is 0 Å². The van der Waals surface area contributed by atoms with Crippen molar-refractivity contribution in [1.82, 2.24) is 15.3 Å². The van der Waals surface area contributed by atoms with Crippen molar-refractivity contribution in [3.05, 3.63) is 23.3 Å². The van der Waals surface area contributed by atoms with E-state index in [2.05, 4.69) is 36.1 Å². The highest BCUT2D eigenvalue weighted by molar-refractivity contribution is 7.91. The predicted molar refractivity (Wildman–Crippen MR) is 79.4 cm³/mol. The van der Waals surface area contributed by atoms with Gasteiger partial charge in [0.1, 0.15) is 5.82 Å². The Bertz CT molecular complexity index is 591. The molecule has 1 saturated heterocycles. The Morgan fingerprint density at radius 3 is 2.60 bits per heavy atom. The van der Waals surface area contributed by atoms with Crippen molar-refractivity contribution in [3.63, 3.8) is 0 Å². The van der Waals surface area contributed by atoms with E-state index in [0.29, 0.717) is 18.8 Å². The highest BCUT2D eigenvalue weighted by Gasteiger charge is 2.31. The van der Waals surface area contributed by atoms with Gasteiger partial charge in [-0.05, 0) is 40.2 Å². The lowest BCUT2D eigenvalue weighted by Gasteiger charge is -2.20. The minimum Gasteiger partial charge on any atom is -0.306 e. The molecule has 1 N–H and O–H groups in total. The lowest BCUT2D eigenvalue weighted by atomic mass is 10.1. The van der Waals surface area contributed by atoms with Crippen molar-refractivity contribution >= 4 is 9.84 Å². The van der Waals surface area contributed by atoms with E-state index in [1.165, 1.54) is 0 Å². The van der Waals surface area contributed by atoms with Crippen LogP contribution in [0.25, 0.3) is 0 Å². The summed E-state index contributed by atoms with van der Waals surface area (Å²) in [6.45, 7) is 8.90. The number of aromatic nitrogens is 2. The molecule has 1 unspecified atom stereocenters. The van der Waals surface area contributed by atoms with Crippen molar-refractivity contribution in [1.29, 1.82) is 0 Å². The minimum atomic E-state index is -2.90. The fourth-order valence-corrected chi connectivity index (χ4v) is 4.03. The van der Waals surface area contributed by atoms with Gasteiger partial charge in [0.2, 0.25) is 0 Å². The summed E-state index contributed by atoms with van der Waals surface area (Å²) in [6.07, 6.45) is 0.637. The van der Waals surface area contributed by atoms with Crippen molar-refractivity contribution in [3.8, 4) is 0 Å². The normalized spacial score (nSPS) is 22.1. The maximum atomic E-state index is 11.6. The van der Waals surface area contributed by atoms with Crippen LogP contribution in [0, 0.1) is 6.92 Å². The van der Waals surface area contributed by atoms with Gasteiger partial charge >= 0.3 is 0 Å². The molecule has 1 aliphatic heterocycles. The van der Waals surface area contributed by atoms with Crippen molar-refractivity contribution < 1.29 is 8.42 Å². The molecule has 2 heterocycles. The molecule has 1 aliphatic rings. The van der Waals surface area contributed by atoms with Crippen LogP contribution in [0.15, 0.2) is 6.07 Å². The third-order valence-corrected chi connectivity index (χ3v) is 5.09. The quantitative estimate of drug-likeness (QED) is 0.917. The van der Waals surface area contributed by atoms with Crippen molar-refractivity contribution in [2.75, 3.05) is 11.5 Å². The second-order valence-electron chi connectivity index (χ2n) is 6.56. The molecular weight excluding hydrogens is 274 g/mol. The van der Waals surface area contributed by atoms with Crippen LogP contribution >= 0.6 is 0 Å². The molecule has 20 heavy (non-hydrogen) atoms. The Hall–Kier alpha value is -1.01. The van der Waals surface area contributed by atoms with Gasteiger partial charge in [0.15, 0.2) is 9.84 Å². The van der Waals surface area contributed by atoms with E-state index < -0.39 is 9.84 Å². The second-order valence-corrected chi connectivity index (χ2v) is 8.79. The zero-order valence-corrected chi connectivity index (χ0v) is 13.4. The molecule has 0 aromatic carbocycles. The van der Waals surface area contributed by atoms with Crippen molar-refractivity contribution in [2.45, 2.75) is 52.1 Å². The van der Waals surface area contributed by atoms with Crippen LogP contribution in [0.2, 0.25) is 0 Å². The first kappa shape index (κ1) is 15.4. The fourth-order valence-electron chi connectivity index (χ4n) is 2.29. The monoisotopic (exact) mass is 297 g/mol. The van der Waals surface area contributed by atoms with Gasteiger partial charge in [-0.3, -0.25) is 0 Å². The third-order valence-electron chi connectivity index (χ3n) is 3.32. The maximum absolute atomic E-state index is 11.6. The van der Waals surface area contributed by atoms with Crippen LogP contribution in [0.1, 0.15) is 50.3 Å². The van der Waals surface area contributed by atoms with E-state index in [1.807, 2.05) is 13.0 Å². The molecule has 1 aromatic heterocycles. The molecule has 0 saturated carbocycles. The smallest absolute Gasteiger partial charge is 0.151 e. The molecule has 0 amide bonds. The Balaban J connectivity index is 2.17. The van der Waals surface area contributed by atoms with E-state index in [9.17, 15) is 8.42 Å². The molecule has 1 fully saturated rings. The molecule has 5 nitrogen and oxygen atoms in total. The average Bonchev–Trinajstić information content (AvgIpc) is 2.66. The molecular formula is C14H23N3O2S. The third kappa shape index (κ3) is 4.24. The van der Waals surface area contributed by atoms with Gasteiger partial charge in [-0.15, -0.1) is 0 Å². The molecule has 1 aromatic rings. The number of nitrogens with one attached hydrogen (secondary N) is 1. The molecule has 0 aliphatic carbocycles. The first-order chi connectivity index (χ1) is 9.15. The first-order valence-electron chi connectivity index (χ1n) is 6.94. The summed E-state index contributed by atoms with van der Waals surface area (Å²) >= 11 is 0. The highest BCUT2D eigenvalue weighted by Crippen LogP contribution is 2.26. The number of aryl methyl sites for hydroxylation is 1. The van der Waals surface area contributed by atoms with Gasteiger partial charge in [0.05, 0.1) is 17.2 Å². The van der Waals surface area contributed by atoms with E-state index >= 15 is 0 Å². The Morgan fingerprint density at radius 1 is 1.35 bits per heavy atom. The van der Waals surface area contributed by atoms with Crippen LogP contribution in [-0.4, -0.2) is 35.4 Å². The summed E-state index contributed by atoms with van der Waals surface area (Å²) in [6, 6.07) is 1.95. The van der Waals surface area contributed by atoms with E-state index in [1.54, 1.807) is 0 Å². The van der Waals surface area contributed by atoms with Gasteiger partial charge < -0.3 is 5.32 Å². The summed E-state index contributed by atoms with van der Waals surface area (Å²) in [4.78, 5) is 8.97. The van der Waals surface area contributed by atoms with Crippen LogP contribution in [0.3, 0.4) is 0 Å². The number of nitrogens with zero attached hydrogens (tertiary/aromatic N) is 2. The topological polar surface area (TPSA) is 72.0 Å². The SMILES string of the molecule is Cc1cc(CNC(C)(C)C)nc(C2CCS(=O)(=O)C2)n1. The maximum Gasteiger partial charge on any atom is 0.151 e. The molecule has 6 heteroatoms. The Morgan fingerprint density at radius 2 is 2.05 bits per heavy atom. The van der Waals surface area contributed by atoms with E-state index in [4.69, 9.17) is 0 Å². The summed E-state index contributed by atoms with van der Waals surface area (Å²) in [7, 11) is -2.90. The zero-order valence-electron chi connectivity index (χ0n) is 12.6. The lowest BCUT2D eigenvalue weighted by Crippen LogP contribution is -2.35. The molecule has 0 bridgehead atoms. The Kier molecular flexibility index (Phi) is 4.16. The van der Waals surface area contributed by atoms with E-state index in [0.717, 1.165) is 11.4 Å². The van der Waals surface area contributed by atoms with Gasteiger partial charge in [-0.1, -0.05) is 0 Å². The summed E-state index contributed by atoms with van der Waals surface area (Å²) < 4.78 is 23.1. The summed E-state index contributed by atoms with van der Waals surface area (Å²) in [5.74, 6) is 1.07. The van der Waals surface area contributed by atoms with Crippen LogP contribution in [-0.2, 0) is 16.4 Å². The van der Waals surface area contributed by atoms with Gasteiger partial charge in [-0.2, -0.15) is 0 Å². The number of hydrogen-bond donors (Lipinski definition) is 1. The highest BCUT2D eigenvalue weighted by atomic mass is 32.2. The first-order valence-corrected chi connectivity index (χ1v) is 8.77. The summed E-state index contributed by atoms with van der Waals surface area (Å²) in [5, 5.41) is 3.39. The van der Waals surface area contributed by atoms with E-state index in [-0.39, 0.29) is 23.0 Å². The molecule has 0 spiro atoms. The standard InChI is InChI=1S/C14H23N3O2S/c1-10-7-12(8-15-14(2,3)4)17-13(16-10)11-5-6-20(18,19)9-11/h7,11,15H,5-6,8-9H2,1-4H3. The average molecular weight is 297 g/mol. The predicted octanol–water partition coefficient (Wildman–Crippen LogP) is 1.58. The largest absolute Gasteiger partial charge is 0.306 e. The van der Waals surface area contributed by atoms with Crippen LogP contribution in [0.5, 0.6) is 0 Å². The van der Waals surface area contributed by atoms with Gasteiger partial charge in [0.25, 0.3) is 0 Å². The van der Waals surface area contributed by atoms with Crippen molar-refractivity contribution in [2.24, 2.45) is 0 Å². The number of rotatable bonds is 3. The van der Waals surface area contributed by atoms with Gasteiger partial charge in [-0.25, -0.2) is 18.4 Å². The minimum absolute atomic E-state index is 0.0235. The molecule has 112 valence electrons. The fraction of sp³-hybridized carbons (Fsp3) is 0.714. The lowest BCUT2D eigenvalue weighted by molar-refractivity contribution is 0.420. The van der Waals surface area contributed by atoms with Gasteiger partial charge in [0, 0.05) is 23.7 Å². The second kappa shape index (κ2) is 5.41. The molecule has 0 radical (unpaired) electrons. The summed E-state index contributed by atoms with van der Waals surface area (Å²) in [5.41, 5.74) is 1.84. The zero-order chi connectivity index (χ0) is 15.0. The molecule has 1 atom stereocenters. The molecule has 2 rings (SSSR count). The van der Waals surface area contributed by atoms with Crippen LogP contribution < -0.4 is 5.32 Å².